The predicted octanol–water partition coefficient (Wildman–Crippen LogP) is 2.74. The molecule has 1 aromatic heterocycles. The summed E-state index contributed by atoms with van der Waals surface area (Å²) in [6.45, 7) is 6.14. The van der Waals surface area contributed by atoms with E-state index in [4.69, 9.17) is 4.74 Å². The first kappa shape index (κ1) is 17.9. The molecule has 2 aromatic rings. The lowest BCUT2D eigenvalue weighted by atomic mass is 10.2. The van der Waals surface area contributed by atoms with Gasteiger partial charge in [0.2, 0.25) is 5.91 Å². The zero-order chi connectivity index (χ0) is 17.6. The van der Waals surface area contributed by atoms with Crippen molar-refractivity contribution in [2.75, 3.05) is 33.2 Å². The van der Waals surface area contributed by atoms with Gasteiger partial charge in [0.05, 0.1) is 12.1 Å². The van der Waals surface area contributed by atoms with Crippen molar-refractivity contribution >= 4 is 17.2 Å². The minimum atomic E-state index is 0.173. The second-order valence-corrected chi connectivity index (χ2v) is 7.49. The first-order valence-electron chi connectivity index (χ1n) is 8.69. The van der Waals surface area contributed by atoms with Gasteiger partial charge in [-0.05, 0) is 39.1 Å². The SMILES string of the molecule is Cc1ccc(OCc2nc(CC(=O)N3CCCN(C)CC3)cs2)cc1. The van der Waals surface area contributed by atoms with Crippen molar-refractivity contribution < 1.29 is 9.53 Å². The molecule has 6 heteroatoms. The van der Waals surface area contributed by atoms with E-state index in [1.807, 2.05) is 34.5 Å². The van der Waals surface area contributed by atoms with Gasteiger partial charge in [-0.2, -0.15) is 0 Å². The van der Waals surface area contributed by atoms with E-state index in [1.165, 1.54) is 5.56 Å². The van der Waals surface area contributed by atoms with Crippen LogP contribution in [0, 0.1) is 6.92 Å². The zero-order valence-corrected chi connectivity index (χ0v) is 15.7. The van der Waals surface area contributed by atoms with Crippen molar-refractivity contribution in [3.63, 3.8) is 0 Å². The van der Waals surface area contributed by atoms with Crippen molar-refractivity contribution in [3.8, 4) is 5.75 Å². The van der Waals surface area contributed by atoms with E-state index in [2.05, 4.69) is 23.9 Å². The number of ether oxygens (including phenoxy) is 1. The molecule has 0 N–H and O–H groups in total. The third-order valence-corrected chi connectivity index (χ3v) is 5.26. The molecule has 0 bridgehead atoms. The largest absolute Gasteiger partial charge is 0.486 e. The maximum Gasteiger partial charge on any atom is 0.228 e. The molecule has 0 spiro atoms. The van der Waals surface area contributed by atoms with Gasteiger partial charge in [0, 0.05) is 25.0 Å². The Balaban J connectivity index is 1.50. The van der Waals surface area contributed by atoms with Crippen LogP contribution >= 0.6 is 11.3 Å². The lowest BCUT2D eigenvalue weighted by Gasteiger charge is -2.20. The molecule has 1 saturated heterocycles. The number of hydrogen-bond acceptors (Lipinski definition) is 5. The van der Waals surface area contributed by atoms with Crippen molar-refractivity contribution in [1.82, 2.24) is 14.8 Å². The highest BCUT2D eigenvalue weighted by molar-refractivity contribution is 7.09. The number of aromatic nitrogens is 1. The normalized spacial score (nSPS) is 15.8. The summed E-state index contributed by atoms with van der Waals surface area (Å²) in [6.07, 6.45) is 1.42. The third kappa shape index (κ3) is 5.28. The predicted molar refractivity (Wildman–Crippen MR) is 100 cm³/mol. The summed E-state index contributed by atoms with van der Waals surface area (Å²) in [6, 6.07) is 7.98. The molecule has 5 nitrogen and oxygen atoms in total. The van der Waals surface area contributed by atoms with E-state index >= 15 is 0 Å². The van der Waals surface area contributed by atoms with Crippen LogP contribution < -0.4 is 4.74 Å². The molecule has 1 amide bonds. The smallest absolute Gasteiger partial charge is 0.228 e. The molecule has 134 valence electrons. The summed E-state index contributed by atoms with van der Waals surface area (Å²) in [5.74, 6) is 1.01. The first-order chi connectivity index (χ1) is 12.1. The molecular formula is C19H25N3O2S. The number of thiazole rings is 1. The van der Waals surface area contributed by atoms with Crippen LogP contribution in [-0.2, 0) is 17.8 Å². The van der Waals surface area contributed by atoms with E-state index in [0.29, 0.717) is 13.0 Å². The summed E-state index contributed by atoms with van der Waals surface area (Å²) >= 11 is 1.55. The Morgan fingerprint density at radius 1 is 1.20 bits per heavy atom. The fraction of sp³-hybridized carbons (Fsp3) is 0.474. The van der Waals surface area contributed by atoms with E-state index in [-0.39, 0.29) is 5.91 Å². The number of carbonyl (C=O) groups is 1. The Kier molecular flexibility index (Phi) is 6.04. The highest BCUT2D eigenvalue weighted by Gasteiger charge is 2.18. The van der Waals surface area contributed by atoms with Crippen LogP contribution in [0.2, 0.25) is 0 Å². The summed E-state index contributed by atoms with van der Waals surface area (Å²) in [4.78, 5) is 21.3. The van der Waals surface area contributed by atoms with Gasteiger partial charge in [-0.1, -0.05) is 17.7 Å². The number of rotatable bonds is 5. The van der Waals surface area contributed by atoms with Crippen LogP contribution in [0.25, 0.3) is 0 Å². The second-order valence-electron chi connectivity index (χ2n) is 6.55. The van der Waals surface area contributed by atoms with Gasteiger partial charge >= 0.3 is 0 Å². The van der Waals surface area contributed by atoms with Gasteiger partial charge in [0.1, 0.15) is 17.4 Å². The molecule has 1 fully saturated rings. The van der Waals surface area contributed by atoms with Crippen LogP contribution in [0.4, 0.5) is 0 Å². The third-order valence-electron chi connectivity index (χ3n) is 4.39. The molecular weight excluding hydrogens is 334 g/mol. The number of nitrogens with zero attached hydrogens (tertiary/aromatic N) is 3. The number of carbonyl (C=O) groups excluding carboxylic acids is 1. The van der Waals surface area contributed by atoms with Gasteiger partial charge in [0.15, 0.2) is 0 Å². The van der Waals surface area contributed by atoms with Crippen molar-refractivity contribution in [2.45, 2.75) is 26.4 Å². The number of likely N-dealkylation sites (N-methyl/N-ethyl adjacent to an activating group) is 1. The Bertz CT molecular complexity index is 699. The minimum Gasteiger partial charge on any atom is -0.486 e. The average molecular weight is 359 g/mol. The molecule has 0 atom stereocenters. The number of aryl methyl sites for hydroxylation is 1. The molecule has 2 heterocycles. The Morgan fingerprint density at radius 2 is 2.00 bits per heavy atom. The lowest BCUT2D eigenvalue weighted by molar-refractivity contribution is -0.130. The molecule has 1 aliphatic rings. The maximum absolute atomic E-state index is 12.5. The van der Waals surface area contributed by atoms with E-state index in [0.717, 1.165) is 49.1 Å². The van der Waals surface area contributed by atoms with Crippen molar-refractivity contribution in [2.24, 2.45) is 0 Å². The number of hydrogen-bond donors (Lipinski definition) is 0. The van der Waals surface area contributed by atoms with Crippen LogP contribution in [0.5, 0.6) is 5.75 Å². The summed E-state index contributed by atoms with van der Waals surface area (Å²) in [5.41, 5.74) is 2.05. The lowest BCUT2D eigenvalue weighted by Crippen LogP contribution is -2.35. The minimum absolute atomic E-state index is 0.173. The zero-order valence-electron chi connectivity index (χ0n) is 14.9. The van der Waals surface area contributed by atoms with E-state index < -0.39 is 0 Å². The number of benzene rings is 1. The highest BCUT2D eigenvalue weighted by Crippen LogP contribution is 2.17. The summed E-state index contributed by atoms with van der Waals surface area (Å²) in [7, 11) is 2.11. The highest BCUT2D eigenvalue weighted by atomic mass is 32.1. The first-order valence-corrected chi connectivity index (χ1v) is 9.57. The van der Waals surface area contributed by atoms with Gasteiger partial charge < -0.3 is 14.5 Å². The molecule has 0 radical (unpaired) electrons. The fourth-order valence-electron chi connectivity index (χ4n) is 2.84. The molecule has 0 aliphatic carbocycles. The summed E-state index contributed by atoms with van der Waals surface area (Å²) in [5, 5.41) is 2.87. The Labute approximate surface area is 153 Å². The fourth-order valence-corrected chi connectivity index (χ4v) is 3.54. The van der Waals surface area contributed by atoms with E-state index in [9.17, 15) is 4.79 Å². The second kappa shape index (κ2) is 8.45. The topological polar surface area (TPSA) is 45.7 Å². The monoisotopic (exact) mass is 359 g/mol. The summed E-state index contributed by atoms with van der Waals surface area (Å²) < 4.78 is 5.76. The average Bonchev–Trinajstić information content (AvgIpc) is 2.92. The Hall–Kier alpha value is -1.92. The molecule has 25 heavy (non-hydrogen) atoms. The molecule has 0 saturated carbocycles. The van der Waals surface area contributed by atoms with Gasteiger partial charge in [0.25, 0.3) is 0 Å². The van der Waals surface area contributed by atoms with Crippen LogP contribution in [0.3, 0.4) is 0 Å². The van der Waals surface area contributed by atoms with Gasteiger partial charge in [-0.3, -0.25) is 4.79 Å². The van der Waals surface area contributed by atoms with Crippen LogP contribution in [0.15, 0.2) is 29.6 Å². The molecule has 3 rings (SSSR count). The molecule has 0 unspecified atom stereocenters. The van der Waals surface area contributed by atoms with Crippen molar-refractivity contribution in [1.29, 1.82) is 0 Å². The molecule has 1 aliphatic heterocycles. The van der Waals surface area contributed by atoms with Crippen LogP contribution in [0.1, 0.15) is 22.7 Å². The Morgan fingerprint density at radius 3 is 2.80 bits per heavy atom. The van der Waals surface area contributed by atoms with Crippen molar-refractivity contribution in [3.05, 3.63) is 45.9 Å². The quantitative estimate of drug-likeness (QED) is 0.823. The van der Waals surface area contributed by atoms with Crippen LogP contribution in [-0.4, -0.2) is 53.9 Å². The van der Waals surface area contributed by atoms with Gasteiger partial charge in [-0.15, -0.1) is 11.3 Å². The van der Waals surface area contributed by atoms with Gasteiger partial charge in [-0.25, -0.2) is 4.98 Å². The molecule has 1 aromatic carbocycles. The van der Waals surface area contributed by atoms with E-state index in [1.54, 1.807) is 11.3 Å². The standard InChI is InChI=1S/C19H25N3O2S/c1-15-4-6-17(7-5-15)24-13-18-20-16(14-25-18)12-19(23)22-9-3-8-21(2)10-11-22/h4-7,14H,3,8-13H2,1-2H3. The number of amides is 1. The maximum atomic E-state index is 12.5.